The number of aromatic nitrogens is 1. The van der Waals surface area contributed by atoms with E-state index in [1.165, 1.54) is 16.2 Å². The number of aliphatic hydroxyl groups excluding tert-OH is 1. The number of thiazole rings is 1. The van der Waals surface area contributed by atoms with Crippen LogP contribution < -0.4 is 14.4 Å². The normalized spacial score (nSPS) is 16.8. The van der Waals surface area contributed by atoms with Crippen LogP contribution in [0.2, 0.25) is 0 Å². The Kier molecular flexibility index (Phi) is 7.15. The van der Waals surface area contributed by atoms with Gasteiger partial charge in [-0.2, -0.15) is 0 Å². The van der Waals surface area contributed by atoms with Crippen LogP contribution in [0.15, 0.2) is 72.3 Å². The minimum absolute atomic E-state index is 0.0101. The Labute approximate surface area is 225 Å². The third kappa shape index (κ3) is 4.63. The molecule has 1 aromatic heterocycles. The van der Waals surface area contributed by atoms with Gasteiger partial charge in [0.2, 0.25) is 0 Å². The van der Waals surface area contributed by atoms with Gasteiger partial charge in [0.1, 0.15) is 17.3 Å². The number of hydrogen-bond acceptors (Lipinski definition) is 7. The summed E-state index contributed by atoms with van der Waals surface area (Å²) in [5.41, 5.74) is 3.00. The van der Waals surface area contributed by atoms with E-state index in [0.717, 1.165) is 28.6 Å². The van der Waals surface area contributed by atoms with Crippen LogP contribution in [0.3, 0.4) is 0 Å². The molecule has 7 nitrogen and oxygen atoms in total. The molecule has 2 heterocycles. The van der Waals surface area contributed by atoms with Gasteiger partial charge < -0.3 is 14.6 Å². The highest BCUT2D eigenvalue weighted by Crippen LogP contribution is 2.44. The molecule has 1 N–H and O–H groups in total. The average Bonchev–Trinajstić information content (AvgIpc) is 3.49. The predicted octanol–water partition coefficient (Wildman–Crippen LogP) is 6.28. The first-order valence-electron chi connectivity index (χ1n) is 12.5. The van der Waals surface area contributed by atoms with Gasteiger partial charge in [-0.1, -0.05) is 43.4 Å². The van der Waals surface area contributed by atoms with Crippen LogP contribution in [-0.4, -0.2) is 35.5 Å². The van der Waals surface area contributed by atoms with E-state index in [9.17, 15) is 14.7 Å². The highest BCUT2D eigenvalue weighted by Gasteiger charge is 2.48. The number of aryl methyl sites for hydroxylation is 1. The van der Waals surface area contributed by atoms with Crippen molar-refractivity contribution >= 4 is 44.1 Å². The highest BCUT2D eigenvalue weighted by molar-refractivity contribution is 7.22. The number of amides is 1. The predicted molar refractivity (Wildman–Crippen MR) is 149 cm³/mol. The second kappa shape index (κ2) is 10.7. The number of anilines is 1. The van der Waals surface area contributed by atoms with E-state index >= 15 is 0 Å². The molecule has 1 aliphatic rings. The summed E-state index contributed by atoms with van der Waals surface area (Å²) in [7, 11) is 1.55. The zero-order valence-electron chi connectivity index (χ0n) is 21.4. The summed E-state index contributed by atoms with van der Waals surface area (Å²) < 4.78 is 11.9. The molecule has 0 spiro atoms. The van der Waals surface area contributed by atoms with E-state index in [2.05, 4.69) is 13.0 Å². The summed E-state index contributed by atoms with van der Waals surface area (Å²) in [5, 5.41) is 11.7. The van der Waals surface area contributed by atoms with Gasteiger partial charge >= 0.3 is 5.91 Å². The van der Waals surface area contributed by atoms with Crippen LogP contribution in [0.25, 0.3) is 16.0 Å². The number of carbonyl (C=O) groups excluding carboxylic acids is 2. The lowest BCUT2D eigenvalue weighted by Crippen LogP contribution is -2.29. The lowest BCUT2D eigenvalue weighted by molar-refractivity contribution is -0.132. The fourth-order valence-electron chi connectivity index (χ4n) is 4.50. The van der Waals surface area contributed by atoms with Crippen LogP contribution in [0.5, 0.6) is 11.5 Å². The van der Waals surface area contributed by atoms with Crippen molar-refractivity contribution in [2.24, 2.45) is 0 Å². The molecule has 1 atom stereocenters. The van der Waals surface area contributed by atoms with Gasteiger partial charge in [0.25, 0.3) is 5.78 Å². The highest BCUT2D eigenvalue weighted by atomic mass is 32.1. The Morgan fingerprint density at radius 1 is 1.00 bits per heavy atom. The molecular formula is C30H28N2O5S. The zero-order valence-corrected chi connectivity index (χ0v) is 22.2. The van der Waals surface area contributed by atoms with Crippen LogP contribution in [0, 0.1) is 0 Å². The van der Waals surface area contributed by atoms with Gasteiger partial charge in [0.15, 0.2) is 5.13 Å². The molecule has 8 heteroatoms. The number of fused-ring (bicyclic) bond motifs is 1. The standard InChI is InChI=1S/C30H28N2O5S/c1-4-16-37-22-13-7-19(8-14-22)26-25(27(33)20-9-11-21(36-3)12-10-20)28(34)29(35)32(26)30-31-23-15-6-18(5-2)17-24(23)38-30/h6-15,17,26,33H,4-5,16H2,1-3H3/t26-/m1/s1. The number of hydrogen-bond donors (Lipinski definition) is 1. The van der Waals surface area contributed by atoms with E-state index in [1.54, 1.807) is 31.4 Å². The van der Waals surface area contributed by atoms with Crippen LogP contribution >= 0.6 is 11.3 Å². The molecule has 4 aromatic rings. The molecule has 0 radical (unpaired) electrons. The molecule has 194 valence electrons. The molecule has 0 bridgehead atoms. The number of nitrogens with zero attached hydrogens (tertiary/aromatic N) is 2. The Balaban J connectivity index is 1.65. The number of benzene rings is 3. The first-order valence-corrected chi connectivity index (χ1v) is 13.3. The topological polar surface area (TPSA) is 89.0 Å². The van der Waals surface area contributed by atoms with Crippen molar-refractivity contribution in [1.29, 1.82) is 0 Å². The van der Waals surface area contributed by atoms with Gasteiger partial charge in [0, 0.05) is 5.56 Å². The molecule has 1 aliphatic heterocycles. The van der Waals surface area contributed by atoms with E-state index in [0.29, 0.717) is 34.4 Å². The van der Waals surface area contributed by atoms with Gasteiger partial charge in [-0.25, -0.2) is 4.98 Å². The summed E-state index contributed by atoms with van der Waals surface area (Å²) in [6.07, 6.45) is 1.75. The van der Waals surface area contributed by atoms with Crippen LogP contribution in [-0.2, 0) is 16.0 Å². The SMILES string of the molecule is CCCOc1ccc([C@@H]2C(=C(O)c3ccc(OC)cc3)C(=O)C(=O)N2c2nc3ccc(CC)cc3s2)cc1. The molecule has 1 fully saturated rings. The van der Waals surface area contributed by atoms with Crippen molar-refractivity contribution in [3.05, 3.63) is 89.0 Å². The summed E-state index contributed by atoms with van der Waals surface area (Å²) in [6.45, 7) is 4.69. The second-order valence-corrected chi connectivity index (χ2v) is 9.98. The van der Waals surface area contributed by atoms with Gasteiger partial charge in [-0.05, 0) is 72.5 Å². The van der Waals surface area contributed by atoms with Crippen molar-refractivity contribution in [2.45, 2.75) is 32.7 Å². The Hall–Kier alpha value is -4.17. The van der Waals surface area contributed by atoms with Gasteiger partial charge in [-0.15, -0.1) is 0 Å². The molecule has 5 rings (SSSR count). The van der Waals surface area contributed by atoms with Crippen molar-refractivity contribution in [2.75, 3.05) is 18.6 Å². The molecule has 0 unspecified atom stereocenters. The minimum Gasteiger partial charge on any atom is -0.507 e. The van der Waals surface area contributed by atoms with Crippen molar-refractivity contribution in [3.63, 3.8) is 0 Å². The maximum atomic E-state index is 13.5. The lowest BCUT2D eigenvalue weighted by Gasteiger charge is -2.23. The lowest BCUT2D eigenvalue weighted by atomic mass is 9.95. The van der Waals surface area contributed by atoms with Crippen molar-refractivity contribution in [1.82, 2.24) is 4.98 Å². The molecule has 0 saturated carbocycles. The zero-order chi connectivity index (χ0) is 26.8. The minimum atomic E-state index is -0.858. The first kappa shape index (κ1) is 25.5. The molecule has 0 aliphatic carbocycles. The maximum Gasteiger partial charge on any atom is 0.301 e. The Morgan fingerprint density at radius 3 is 2.37 bits per heavy atom. The van der Waals surface area contributed by atoms with Gasteiger partial charge in [-0.3, -0.25) is 14.5 Å². The number of methoxy groups -OCH3 is 1. The van der Waals surface area contributed by atoms with Crippen LogP contribution in [0.4, 0.5) is 5.13 Å². The molecular weight excluding hydrogens is 500 g/mol. The number of ketones is 1. The fourth-order valence-corrected chi connectivity index (χ4v) is 5.55. The molecule has 3 aromatic carbocycles. The van der Waals surface area contributed by atoms with E-state index in [1.807, 2.05) is 43.3 Å². The maximum absolute atomic E-state index is 13.5. The van der Waals surface area contributed by atoms with Gasteiger partial charge in [0.05, 0.1) is 35.5 Å². The third-order valence-corrected chi connectivity index (χ3v) is 7.55. The number of ether oxygens (including phenoxy) is 2. The smallest absolute Gasteiger partial charge is 0.301 e. The summed E-state index contributed by atoms with van der Waals surface area (Å²) >= 11 is 1.35. The largest absolute Gasteiger partial charge is 0.507 e. The quantitative estimate of drug-likeness (QED) is 0.164. The average molecular weight is 529 g/mol. The van der Waals surface area contributed by atoms with E-state index in [4.69, 9.17) is 14.5 Å². The monoisotopic (exact) mass is 528 g/mol. The van der Waals surface area contributed by atoms with E-state index < -0.39 is 17.7 Å². The summed E-state index contributed by atoms with van der Waals surface area (Å²) in [5.74, 6) is -0.439. The Morgan fingerprint density at radius 2 is 1.71 bits per heavy atom. The third-order valence-electron chi connectivity index (χ3n) is 6.53. The first-order chi connectivity index (χ1) is 18.4. The van der Waals surface area contributed by atoms with Crippen LogP contribution in [0.1, 0.15) is 43.0 Å². The molecule has 38 heavy (non-hydrogen) atoms. The Bertz CT molecular complexity index is 1520. The molecule has 1 saturated heterocycles. The second-order valence-electron chi connectivity index (χ2n) is 8.97. The number of Topliss-reactive ketones (excluding diaryl/α,β-unsaturated/α-hetero) is 1. The van der Waals surface area contributed by atoms with Crippen molar-refractivity contribution < 1.29 is 24.2 Å². The van der Waals surface area contributed by atoms with E-state index in [-0.39, 0.29) is 11.3 Å². The number of carbonyl (C=O) groups is 2. The number of aliphatic hydroxyl groups is 1. The summed E-state index contributed by atoms with van der Waals surface area (Å²) in [4.78, 5) is 33.1. The van der Waals surface area contributed by atoms with Crippen molar-refractivity contribution in [3.8, 4) is 11.5 Å². The fraction of sp³-hybridized carbons (Fsp3) is 0.233. The molecule has 1 amide bonds. The number of rotatable bonds is 8. The summed E-state index contributed by atoms with van der Waals surface area (Å²) in [6, 6.07) is 19.1.